The van der Waals surface area contributed by atoms with Crippen molar-refractivity contribution in [2.24, 2.45) is 0 Å². The van der Waals surface area contributed by atoms with Gasteiger partial charge in [-0.05, 0) is 18.6 Å². The summed E-state index contributed by atoms with van der Waals surface area (Å²) in [5, 5.41) is 16.7. The lowest BCUT2D eigenvalue weighted by Gasteiger charge is -2.08. The Morgan fingerprint density at radius 1 is 1.28 bits per heavy atom. The van der Waals surface area contributed by atoms with Crippen LogP contribution in [0.5, 0.6) is 0 Å². The van der Waals surface area contributed by atoms with E-state index in [2.05, 4.69) is 10.2 Å². The Kier molecular flexibility index (Phi) is 3.66. The highest BCUT2D eigenvalue weighted by Gasteiger charge is 2.17. The Labute approximate surface area is 103 Å². The minimum absolute atomic E-state index is 0.0515. The third-order valence-corrected chi connectivity index (χ3v) is 2.61. The van der Waals surface area contributed by atoms with E-state index in [0.29, 0.717) is 12.4 Å². The molecule has 2 rings (SSSR count). The van der Waals surface area contributed by atoms with Crippen LogP contribution < -0.4 is 0 Å². The van der Waals surface area contributed by atoms with E-state index in [1.54, 1.807) is 4.57 Å². The zero-order valence-electron chi connectivity index (χ0n) is 9.90. The molecular weight excluding hydrogens is 240 g/mol. The van der Waals surface area contributed by atoms with Crippen LogP contribution in [-0.2, 0) is 13.2 Å². The highest BCUT2D eigenvalue weighted by Crippen LogP contribution is 2.23. The highest BCUT2D eigenvalue weighted by molar-refractivity contribution is 5.56. The van der Waals surface area contributed by atoms with Crippen LogP contribution in [0.3, 0.4) is 0 Å². The molecule has 0 aliphatic carbocycles. The molecule has 0 atom stereocenters. The molecule has 0 radical (unpaired) electrons. The van der Waals surface area contributed by atoms with Gasteiger partial charge in [0.25, 0.3) is 0 Å². The summed E-state index contributed by atoms with van der Waals surface area (Å²) in [6, 6.07) is 3.90. The predicted molar refractivity (Wildman–Crippen MR) is 61.6 cm³/mol. The van der Waals surface area contributed by atoms with E-state index in [-0.39, 0.29) is 18.0 Å². The Morgan fingerprint density at radius 2 is 2.06 bits per heavy atom. The summed E-state index contributed by atoms with van der Waals surface area (Å²) in [6.07, 6.45) is 0.773. The lowest BCUT2D eigenvalue weighted by molar-refractivity contribution is 0.264. The molecule has 1 heterocycles. The molecular formula is C12H13F2N3O. The molecule has 0 aliphatic rings. The predicted octanol–water partition coefficient (Wildman–Crippen LogP) is 2.13. The van der Waals surface area contributed by atoms with Gasteiger partial charge in [0.15, 0.2) is 23.3 Å². The molecule has 2 aromatic rings. The van der Waals surface area contributed by atoms with Crippen LogP contribution in [-0.4, -0.2) is 19.9 Å². The van der Waals surface area contributed by atoms with Crippen molar-refractivity contribution in [2.75, 3.05) is 0 Å². The Bertz CT molecular complexity index is 554. The molecule has 1 aromatic heterocycles. The molecule has 6 heteroatoms. The van der Waals surface area contributed by atoms with Crippen molar-refractivity contribution in [2.45, 2.75) is 26.5 Å². The molecule has 0 bridgehead atoms. The fourth-order valence-electron chi connectivity index (χ4n) is 1.79. The number of aromatic nitrogens is 3. The van der Waals surface area contributed by atoms with Gasteiger partial charge >= 0.3 is 0 Å². The molecule has 0 fully saturated rings. The Balaban J connectivity index is 2.56. The Morgan fingerprint density at radius 3 is 2.72 bits per heavy atom. The highest BCUT2D eigenvalue weighted by atomic mass is 19.2. The first kappa shape index (κ1) is 12.6. The second-order valence-electron chi connectivity index (χ2n) is 3.85. The maximum Gasteiger partial charge on any atom is 0.169 e. The first-order chi connectivity index (χ1) is 8.69. The summed E-state index contributed by atoms with van der Waals surface area (Å²) in [6.45, 7) is 2.19. The van der Waals surface area contributed by atoms with Crippen LogP contribution in [0.15, 0.2) is 18.2 Å². The second-order valence-corrected chi connectivity index (χ2v) is 3.85. The quantitative estimate of drug-likeness (QED) is 0.908. The van der Waals surface area contributed by atoms with Gasteiger partial charge in [-0.2, -0.15) is 0 Å². The SMILES string of the molecule is CCCn1c(CO)nnc1-c1cccc(F)c1F. The van der Waals surface area contributed by atoms with E-state index in [9.17, 15) is 8.78 Å². The molecule has 0 saturated heterocycles. The van der Waals surface area contributed by atoms with E-state index in [1.807, 2.05) is 6.92 Å². The first-order valence-electron chi connectivity index (χ1n) is 5.66. The van der Waals surface area contributed by atoms with Gasteiger partial charge < -0.3 is 9.67 Å². The fourth-order valence-corrected chi connectivity index (χ4v) is 1.79. The minimum Gasteiger partial charge on any atom is -0.388 e. The monoisotopic (exact) mass is 253 g/mol. The van der Waals surface area contributed by atoms with Gasteiger partial charge in [-0.15, -0.1) is 10.2 Å². The number of aliphatic hydroxyl groups is 1. The third kappa shape index (κ3) is 2.11. The van der Waals surface area contributed by atoms with Crippen LogP contribution >= 0.6 is 0 Å². The van der Waals surface area contributed by atoms with E-state index >= 15 is 0 Å². The molecule has 0 aliphatic heterocycles. The topological polar surface area (TPSA) is 50.9 Å². The summed E-state index contributed by atoms with van der Waals surface area (Å²) in [5.41, 5.74) is 0.0515. The average molecular weight is 253 g/mol. The van der Waals surface area contributed by atoms with E-state index in [1.165, 1.54) is 12.1 Å². The lowest BCUT2D eigenvalue weighted by Crippen LogP contribution is -2.06. The standard InChI is InChI=1S/C12H13F2N3O/c1-2-6-17-10(7-18)15-16-12(17)8-4-3-5-9(13)11(8)14/h3-5,18H,2,6-7H2,1H3. The van der Waals surface area contributed by atoms with Gasteiger partial charge in [-0.25, -0.2) is 8.78 Å². The van der Waals surface area contributed by atoms with Gasteiger partial charge in [0, 0.05) is 6.54 Å². The van der Waals surface area contributed by atoms with Crippen LogP contribution in [0.25, 0.3) is 11.4 Å². The molecule has 4 nitrogen and oxygen atoms in total. The maximum atomic E-state index is 13.7. The van der Waals surface area contributed by atoms with Gasteiger partial charge in [-0.1, -0.05) is 13.0 Å². The molecule has 1 N–H and O–H groups in total. The summed E-state index contributed by atoms with van der Waals surface area (Å²) >= 11 is 0. The molecule has 1 aromatic carbocycles. The van der Waals surface area contributed by atoms with E-state index < -0.39 is 11.6 Å². The van der Waals surface area contributed by atoms with Gasteiger partial charge in [0.05, 0.1) is 5.56 Å². The number of hydrogen-bond acceptors (Lipinski definition) is 3. The summed E-state index contributed by atoms with van der Waals surface area (Å²) < 4.78 is 28.5. The number of halogens is 2. The molecule has 96 valence electrons. The largest absolute Gasteiger partial charge is 0.388 e. The number of aliphatic hydroxyl groups excluding tert-OH is 1. The third-order valence-electron chi connectivity index (χ3n) is 2.61. The van der Waals surface area contributed by atoms with Crippen LogP contribution in [0, 0.1) is 11.6 Å². The van der Waals surface area contributed by atoms with Crippen LogP contribution in [0.4, 0.5) is 8.78 Å². The first-order valence-corrected chi connectivity index (χ1v) is 5.66. The number of nitrogens with zero attached hydrogens (tertiary/aromatic N) is 3. The maximum absolute atomic E-state index is 13.7. The molecule has 0 saturated carbocycles. The summed E-state index contributed by atoms with van der Waals surface area (Å²) in [4.78, 5) is 0. The van der Waals surface area contributed by atoms with Crippen molar-refractivity contribution in [3.63, 3.8) is 0 Å². The normalized spacial score (nSPS) is 10.9. The fraction of sp³-hybridized carbons (Fsp3) is 0.333. The van der Waals surface area contributed by atoms with Crippen LogP contribution in [0.1, 0.15) is 19.2 Å². The summed E-state index contributed by atoms with van der Waals surface area (Å²) in [5.74, 6) is -1.30. The molecule has 0 unspecified atom stereocenters. The van der Waals surface area contributed by atoms with E-state index in [0.717, 1.165) is 12.5 Å². The van der Waals surface area contributed by atoms with Crippen molar-refractivity contribution in [3.05, 3.63) is 35.7 Å². The summed E-state index contributed by atoms with van der Waals surface area (Å²) in [7, 11) is 0. The molecule has 0 amide bonds. The second kappa shape index (κ2) is 5.22. The minimum atomic E-state index is -0.952. The zero-order chi connectivity index (χ0) is 13.1. The lowest BCUT2D eigenvalue weighted by atomic mass is 10.2. The number of benzene rings is 1. The smallest absolute Gasteiger partial charge is 0.169 e. The van der Waals surface area contributed by atoms with Crippen molar-refractivity contribution in [1.29, 1.82) is 0 Å². The van der Waals surface area contributed by atoms with Crippen molar-refractivity contribution >= 4 is 0 Å². The van der Waals surface area contributed by atoms with Gasteiger partial charge in [0.2, 0.25) is 0 Å². The molecule has 0 spiro atoms. The van der Waals surface area contributed by atoms with Crippen molar-refractivity contribution in [3.8, 4) is 11.4 Å². The Hall–Kier alpha value is -1.82. The van der Waals surface area contributed by atoms with Crippen LogP contribution in [0.2, 0.25) is 0 Å². The van der Waals surface area contributed by atoms with E-state index in [4.69, 9.17) is 5.11 Å². The van der Waals surface area contributed by atoms with Gasteiger partial charge in [-0.3, -0.25) is 0 Å². The zero-order valence-corrected chi connectivity index (χ0v) is 9.90. The van der Waals surface area contributed by atoms with Crippen molar-refractivity contribution in [1.82, 2.24) is 14.8 Å². The van der Waals surface area contributed by atoms with Gasteiger partial charge in [0.1, 0.15) is 6.61 Å². The average Bonchev–Trinajstić information content (AvgIpc) is 2.76. The number of rotatable bonds is 4. The molecule has 18 heavy (non-hydrogen) atoms. The number of hydrogen-bond donors (Lipinski definition) is 1. The van der Waals surface area contributed by atoms with Crippen molar-refractivity contribution < 1.29 is 13.9 Å².